The number of thioether (sulfide) groups is 1. The van der Waals surface area contributed by atoms with Crippen molar-refractivity contribution in [2.45, 2.75) is 16.2 Å². The molecule has 0 aliphatic carbocycles. The van der Waals surface area contributed by atoms with Crippen LogP contribution in [0, 0.1) is 5.92 Å². The number of carbonyl (C=O) groups excluding carboxylic acids is 3. The highest BCUT2D eigenvalue weighted by Gasteiger charge is 2.56. The van der Waals surface area contributed by atoms with E-state index < -0.39 is 17.1 Å². The Morgan fingerprint density at radius 3 is 2.51 bits per heavy atom. The van der Waals surface area contributed by atoms with Crippen LogP contribution in [0.2, 0.25) is 0 Å². The monoisotopic (exact) mass is 651 g/mol. The molecular formula is C29H22BrN3O6S2. The summed E-state index contributed by atoms with van der Waals surface area (Å²) >= 11 is 5.72. The average Bonchev–Trinajstić information content (AvgIpc) is 3.47. The third kappa shape index (κ3) is 5.18. The number of imide groups is 1. The zero-order valence-electron chi connectivity index (χ0n) is 21.5. The van der Waals surface area contributed by atoms with Gasteiger partial charge in [0.1, 0.15) is 16.7 Å². The van der Waals surface area contributed by atoms with Gasteiger partial charge in [0.15, 0.2) is 6.61 Å². The van der Waals surface area contributed by atoms with Gasteiger partial charge in [0.2, 0.25) is 11.8 Å². The molecule has 2 aliphatic heterocycles. The zero-order chi connectivity index (χ0) is 28.7. The summed E-state index contributed by atoms with van der Waals surface area (Å²) in [5.41, 5.74) is 1.67. The number of aromatic amines is 1. The van der Waals surface area contributed by atoms with Crippen molar-refractivity contribution in [1.29, 1.82) is 0 Å². The van der Waals surface area contributed by atoms with Crippen molar-refractivity contribution in [3.63, 3.8) is 0 Å². The highest BCUT2D eigenvalue weighted by Crippen LogP contribution is 2.54. The van der Waals surface area contributed by atoms with Crippen LogP contribution in [0.5, 0.6) is 11.5 Å². The molecule has 12 heteroatoms. The smallest absolute Gasteiger partial charge is 0.305 e. The lowest BCUT2D eigenvalue weighted by Gasteiger charge is -2.31. The van der Waals surface area contributed by atoms with E-state index in [9.17, 15) is 19.2 Å². The molecule has 0 radical (unpaired) electrons. The summed E-state index contributed by atoms with van der Waals surface area (Å²) in [5, 5.41) is 2.58. The van der Waals surface area contributed by atoms with Crippen LogP contribution in [-0.2, 0) is 14.4 Å². The number of aromatic nitrogens is 1. The van der Waals surface area contributed by atoms with E-state index in [1.165, 1.54) is 16.7 Å². The number of H-pyrrole nitrogens is 1. The Morgan fingerprint density at radius 2 is 1.78 bits per heavy atom. The fourth-order valence-corrected chi connectivity index (χ4v) is 7.98. The Balaban J connectivity index is 1.37. The van der Waals surface area contributed by atoms with Crippen molar-refractivity contribution in [1.82, 2.24) is 4.98 Å². The Morgan fingerprint density at radius 1 is 1.02 bits per heavy atom. The van der Waals surface area contributed by atoms with Gasteiger partial charge < -0.3 is 19.8 Å². The lowest BCUT2D eigenvalue weighted by atomic mass is 9.82. The average molecular weight is 653 g/mol. The highest BCUT2D eigenvalue weighted by molar-refractivity contribution is 9.10. The SMILES string of the molecule is COc1ccc(N2C(=O)[C@H]3[C@H](c4cc(Br)ccc4OCC(=O)Nc4ccccc4)c4sc(=O)[nH]c4S[C@H]3C2=O)cc1. The van der Waals surface area contributed by atoms with Gasteiger partial charge in [0.25, 0.3) is 5.91 Å². The maximum Gasteiger partial charge on any atom is 0.305 e. The fourth-order valence-electron chi connectivity index (χ4n) is 5.09. The van der Waals surface area contributed by atoms with Gasteiger partial charge in [0, 0.05) is 26.5 Å². The Labute approximate surface area is 251 Å². The van der Waals surface area contributed by atoms with Gasteiger partial charge in [-0.15, -0.1) is 0 Å². The van der Waals surface area contributed by atoms with E-state index in [0.717, 1.165) is 15.8 Å². The van der Waals surface area contributed by atoms with Crippen LogP contribution < -0.4 is 24.6 Å². The summed E-state index contributed by atoms with van der Waals surface area (Å²) in [4.78, 5) is 57.3. The zero-order valence-corrected chi connectivity index (χ0v) is 24.7. The first-order valence-electron chi connectivity index (χ1n) is 12.5. The molecule has 6 rings (SSSR count). The van der Waals surface area contributed by atoms with E-state index in [1.54, 1.807) is 55.6 Å². The van der Waals surface area contributed by atoms with Gasteiger partial charge in [-0.2, -0.15) is 0 Å². The number of carbonyl (C=O) groups is 3. The number of nitrogens with zero attached hydrogens (tertiary/aromatic N) is 1. The maximum absolute atomic E-state index is 14.0. The molecule has 3 atom stereocenters. The van der Waals surface area contributed by atoms with Crippen molar-refractivity contribution in [2.24, 2.45) is 5.92 Å². The molecule has 0 unspecified atom stereocenters. The fraction of sp³-hybridized carbons (Fsp3) is 0.172. The van der Waals surface area contributed by atoms with Gasteiger partial charge >= 0.3 is 4.87 Å². The second-order valence-corrected chi connectivity index (χ2v) is 12.4. The highest BCUT2D eigenvalue weighted by atomic mass is 79.9. The third-order valence-corrected chi connectivity index (χ3v) is 9.77. The molecule has 0 spiro atoms. The number of benzene rings is 3. The van der Waals surface area contributed by atoms with Gasteiger partial charge in [-0.25, -0.2) is 4.90 Å². The van der Waals surface area contributed by atoms with Crippen molar-refractivity contribution in [2.75, 3.05) is 23.9 Å². The van der Waals surface area contributed by atoms with Crippen LogP contribution >= 0.6 is 39.0 Å². The van der Waals surface area contributed by atoms with E-state index in [2.05, 4.69) is 26.2 Å². The van der Waals surface area contributed by atoms with Crippen molar-refractivity contribution >= 4 is 68.1 Å². The van der Waals surface area contributed by atoms with E-state index in [0.29, 0.717) is 38.3 Å². The first-order chi connectivity index (χ1) is 19.8. The molecule has 2 aliphatic rings. The predicted octanol–water partition coefficient (Wildman–Crippen LogP) is 5.02. The largest absolute Gasteiger partial charge is 0.497 e. The molecule has 1 aromatic heterocycles. The van der Waals surface area contributed by atoms with Gasteiger partial charge in [-0.3, -0.25) is 19.2 Å². The topological polar surface area (TPSA) is 118 Å². The molecule has 208 valence electrons. The minimum atomic E-state index is -0.802. The van der Waals surface area contributed by atoms with Crippen molar-refractivity contribution in [3.05, 3.63) is 97.4 Å². The molecule has 0 saturated carbocycles. The standard InChI is InChI=1S/C29H22BrN3O6S2/c1-38-18-10-8-17(9-11-18)33-27(35)23-22(24-26(32-29(37)41-24)40-25(23)28(33)36)19-13-15(30)7-12-20(19)39-14-21(34)31-16-5-3-2-4-6-16/h2-13,22-23,25H,14H2,1H3,(H,31,34)(H,32,37)/t22-,23-,25+/m0/s1. The molecule has 9 nitrogen and oxygen atoms in total. The molecular weight excluding hydrogens is 630 g/mol. The summed E-state index contributed by atoms with van der Waals surface area (Å²) in [5.74, 6) is -1.58. The van der Waals surface area contributed by atoms with Gasteiger partial charge in [-0.1, -0.05) is 57.2 Å². The number of methoxy groups -OCH3 is 1. The molecule has 1 saturated heterocycles. The molecule has 3 heterocycles. The lowest BCUT2D eigenvalue weighted by molar-refractivity contribution is -0.122. The summed E-state index contributed by atoms with van der Waals surface area (Å²) < 4.78 is 11.9. The first-order valence-corrected chi connectivity index (χ1v) is 15.0. The van der Waals surface area contributed by atoms with Crippen LogP contribution in [0.3, 0.4) is 0 Å². The summed E-state index contributed by atoms with van der Waals surface area (Å²) in [7, 11) is 1.54. The number of para-hydroxylation sites is 1. The van der Waals surface area contributed by atoms with Crippen LogP contribution in [0.1, 0.15) is 16.4 Å². The Kier molecular flexibility index (Phi) is 7.45. The quantitative estimate of drug-likeness (QED) is 0.269. The van der Waals surface area contributed by atoms with E-state index in [1.807, 2.05) is 24.3 Å². The van der Waals surface area contributed by atoms with E-state index in [4.69, 9.17) is 9.47 Å². The molecule has 0 bridgehead atoms. The Bertz CT molecular complexity index is 1710. The number of hydrogen-bond acceptors (Lipinski definition) is 8. The van der Waals surface area contributed by atoms with Gasteiger partial charge in [-0.05, 0) is 54.6 Å². The molecule has 1 fully saturated rings. The summed E-state index contributed by atoms with van der Waals surface area (Å²) in [6.07, 6.45) is 0. The maximum atomic E-state index is 14.0. The van der Waals surface area contributed by atoms with Crippen LogP contribution in [0.15, 0.2) is 87.1 Å². The number of rotatable bonds is 7. The van der Waals surface area contributed by atoms with Gasteiger partial charge in [0.05, 0.1) is 23.7 Å². The van der Waals surface area contributed by atoms with Crippen molar-refractivity contribution in [3.8, 4) is 11.5 Å². The third-order valence-electron chi connectivity index (χ3n) is 6.88. The lowest BCUT2D eigenvalue weighted by Crippen LogP contribution is -2.32. The summed E-state index contributed by atoms with van der Waals surface area (Å²) in [6.45, 7) is -0.278. The molecule has 41 heavy (non-hydrogen) atoms. The van der Waals surface area contributed by atoms with E-state index >= 15 is 0 Å². The molecule has 3 aromatic carbocycles. The predicted molar refractivity (Wildman–Crippen MR) is 160 cm³/mol. The van der Waals surface area contributed by atoms with Crippen molar-refractivity contribution < 1.29 is 23.9 Å². The molecule has 4 aromatic rings. The second-order valence-electron chi connectivity index (χ2n) is 9.34. The number of anilines is 2. The van der Waals surface area contributed by atoms with Crippen LogP contribution in [0.4, 0.5) is 11.4 Å². The van der Waals surface area contributed by atoms with Crippen LogP contribution in [-0.4, -0.2) is 41.7 Å². The number of hydrogen-bond donors (Lipinski definition) is 2. The second kappa shape index (κ2) is 11.2. The summed E-state index contributed by atoms with van der Waals surface area (Å²) in [6, 6.07) is 21.0. The van der Waals surface area contributed by atoms with E-state index in [-0.39, 0.29) is 29.2 Å². The number of nitrogens with one attached hydrogen (secondary N) is 2. The Hall–Kier alpha value is -3.87. The minimum Gasteiger partial charge on any atom is -0.497 e. The minimum absolute atomic E-state index is 0.278. The normalized spacial score (nSPS) is 19.5. The number of fused-ring (bicyclic) bond motifs is 2. The number of halogens is 1. The molecule has 3 amide bonds. The van der Waals surface area contributed by atoms with Crippen LogP contribution in [0.25, 0.3) is 0 Å². The first kappa shape index (κ1) is 27.3. The molecule has 2 N–H and O–H groups in total. The number of ether oxygens (including phenoxy) is 2. The number of amides is 3. The number of thiazole rings is 1.